The number of amides is 1. The van der Waals surface area contributed by atoms with Crippen molar-refractivity contribution in [2.24, 2.45) is 10.2 Å². The van der Waals surface area contributed by atoms with Crippen LogP contribution >= 0.6 is 0 Å². The van der Waals surface area contributed by atoms with Crippen molar-refractivity contribution in [2.75, 3.05) is 18.5 Å². The number of aromatic amines is 2. The monoisotopic (exact) mass is 493 g/mol. The molecule has 3 rings (SSSR count). The van der Waals surface area contributed by atoms with E-state index in [-0.39, 0.29) is 47.2 Å². The van der Waals surface area contributed by atoms with Crippen LogP contribution in [0, 0.1) is 0 Å². The highest BCUT2D eigenvalue weighted by atomic mass is 16.6. The maximum atomic E-state index is 12.7. The second-order valence-corrected chi connectivity index (χ2v) is 7.53. The first-order valence-corrected chi connectivity index (χ1v) is 10.6. The third-order valence-electron chi connectivity index (χ3n) is 4.58. The van der Waals surface area contributed by atoms with Gasteiger partial charge in [0.25, 0.3) is 5.91 Å². The van der Waals surface area contributed by atoms with Gasteiger partial charge < -0.3 is 29.9 Å². The van der Waals surface area contributed by atoms with Gasteiger partial charge in [-0.1, -0.05) is 12.6 Å². The van der Waals surface area contributed by atoms with Crippen LogP contribution in [0.15, 0.2) is 81.1 Å². The summed E-state index contributed by atoms with van der Waals surface area (Å²) in [4.78, 5) is 52.8. The average molecular weight is 493 g/mol. The van der Waals surface area contributed by atoms with Crippen LogP contribution in [-0.4, -0.2) is 46.1 Å². The number of allylic oxidation sites excluding steroid dienone is 1. The lowest BCUT2D eigenvalue weighted by molar-refractivity contribution is -0.140. The molecule has 0 aliphatic carbocycles. The number of carbonyl (C=O) groups is 3. The minimum absolute atomic E-state index is 0.122. The molecule has 186 valence electrons. The zero-order valence-corrected chi connectivity index (χ0v) is 19.5. The Balaban J connectivity index is 1.65. The van der Waals surface area contributed by atoms with E-state index < -0.39 is 17.8 Å². The number of azo groups is 1. The van der Waals surface area contributed by atoms with Gasteiger partial charge in [-0.05, 0) is 50.2 Å². The minimum atomic E-state index is -0.740. The molecular weight excluding hydrogens is 470 g/mol. The first-order valence-electron chi connectivity index (χ1n) is 10.6. The standard InChI is InChI=1S/C24H23N5O7/c1-13(2)22(32)35-9-10-36-23(33)15-5-4-6-17(11-15)28-29-20(14(3)30)21(31)25-16-7-8-18-19(12-16)27-24(34)26-18/h4-8,11-12,30H,1,9-10H2,2-3H3,(H,25,31)(H2,26,27,34). The third-order valence-corrected chi connectivity index (χ3v) is 4.58. The first kappa shape index (κ1) is 25.6. The topological polar surface area (TPSA) is 175 Å². The lowest BCUT2D eigenvalue weighted by atomic mass is 10.2. The number of esters is 2. The second kappa shape index (κ2) is 11.4. The van der Waals surface area contributed by atoms with Crippen molar-refractivity contribution in [2.45, 2.75) is 13.8 Å². The van der Waals surface area contributed by atoms with Crippen LogP contribution in [0.2, 0.25) is 0 Å². The Morgan fingerprint density at radius 2 is 1.75 bits per heavy atom. The number of carbonyl (C=O) groups excluding carboxylic acids is 3. The molecule has 0 aliphatic rings. The molecule has 1 amide bonds. The Labute approximate surface area is 204 Å². The summed E-state index contributed by atoms with van der Waals surface area (Å²) in [5.41, 5.74) is 1.28. The number of rotatable bonds is 9. The highest BCUT2D eigenvalue weighted by Crippen LogP contribution is 2.20. The number of nitrogens with one attached hydrogen (secondary N) is 3. The van der Waals surface area contributed by atoms with E-state index in [0.29, 0.717) is 16.7 Å². The van der Waals surface area contributed by atoms with Crippen LogP contribution in [0.25, 0.3) is 11.0 Å². The van der Waals surface area contributed by atoms with Gasteiger partial charge >= 0.3 is 17.6 Å². The summed E-state index contributed by atoms with van der Waals surface area (Å²) in [5, 5.41) is 20.3. The number of imidazole rings is 1. The number of hydrogen-bond acceptors (Lipinski definition) is 9. The summed E-state index contributed by atoms with van der Waals surface area (Å²) in [6.07, 6.45) is 0. The van der Waals surface area contributed by atoms with Crippen molar-refractivity contribution >= 4 is 40.3 Å². The fourth-order valence-electron chi connectivity index (χ4n) is 2.86. The number of benzene rings is 2. The van der Waals surface area contributed by atoms with E-state index in [9.17, 15) is 24.3 Å². The first-order chi connectivity index (χ1) is 17.1. The second-order valence-electron chi connectivity index (χ2n) is 7.53. The highest BCUT2D eigenvalue weighted by Gasteiger charge is 2.15. The molecule has 3 aromatic rings. The number of hydrogen-bond donors (Lipinski definition) is 4. The van der Waals surface area contributed by atoms with Crippen molar-refractivity contribution in [3.05, 3.63) is 82.1 Å². The number of nitrogens with zero attached hydrogens (tertiary/aromatic N) is 2. The van der Waals surface area contributed by atoms with E-state index in [4.69, 9.17) is 9.47 Å². The number of fused-ring (bicyclic) bond motifs is 1. The number of aromatic nitrogens is 2. The van der Waals surface area contributed by atoms with Crippen LogP contribution in [0.1, 0.15) is 24.2 Å². The molecule has 2 aromatic carbocycles. The summed E-state index contributed by atoms with van der Waals surface area (Å²) in [5.74, 6) is -2.38. The van der Waals surface area contributed by atoms with Crippen molar-refractivity contribution in [3.63, 3.8) is 0 Å². The summed E-state index contributed by atoms with van der Waals surface area (Å²) < 4.78 is 9.91. The van der Waals surface area contributed by atoms with E-state index >= 15 is 0 Å². The minimum Gasteiger partial charge on any atom is -0.510 e. The number of ether oxygens (including phenoxy) is 2. The quantitative estimate of drug-likeness (QED) is 0.116. The van der Waals surface area contributed by atoms with Crippen molar-refractivity contribution < 1.29 is 29.0 Å². The average Bonchev–Trinajstić information content (AvgIpc) is 3.20. The molecule has 0 spiro atoms. The Bertz CT molecular complexity index is 1440. The summed E-state index contributed by atoms with van der Waals surface area (Å²) in [7, 11) is 0. The Hall–Kier alpha value is -5.00. The van der Waals surface area contributed by atoms with Gasteiger partial charge in [-0.25, -0.2) is 14.4 Å². The molecule has 36 heavy (non-hydrogen) atoms. The summed E-state index contributed by atoms with van der Waals surface area (Å²) >= 11 is 0. The predicted molar refractivity (Wildman–Crippen MR) is 130 cm³/mol. The number of H-pyrrole nitrogens is 2. The normalized spacial score (nSPS) is 11.7. The molecule has 0 saturated carbocycles. The van der Waals surface area contributed by atoms with E-state index in [1.807, 2.05) is 0 Å². The van der Waals surface area contributed by atoms with Gasteiger partial charge in [-0.2, -0.15) is 5.11 Å². The van der Waals surface area contributed by atoms with Crippen LogP contribution < -0.4 is 11.0 Å². The fraction of sp³-hybridized carbons (Fsp3) is 0.167. The van der Waals surface area contributed by atoms with Crippen LogP contribution in [0.3, 0.4) is 0 Å². The van der Waals surface area contributed by atoms with Gasteiger partial charge in [0, 0.05) is 11.3 Å². The van der Waals surface area contributed by atoms with E-state index in [1.165, 1.54) is 38.1 Å². The van der Waals surface area contributed by atoms with Gasteiger partial charge in [0.05, 0.1) is 22.3 Å². The van der Waals surface area contributed by atoms with E-state index in [0.717, 1.165) is 0 Å². The molecule has 4 N–H and O–H groups in total. The van der Waals surface area contributed by atoms with E-state index in [1.54, 1.807) is 18.2 Å². The molecule has 0 bridgehead atoms. The lowest BCUT2D eigenvalue weighted by Gasteiger charge is -2.07. The number of aliphatic hydroxyl groups is 1. The Morgan fingerprint density at radius 3 is 2.47 bits per heavy atom. The van der Waals surface area contributed by atoms with Crippen LogP contribution in [0.4, 0.5) is 11.4 Å². The van der Waals surface area contributed by atoms with Gasteiger partial charge in [-0.3, -0.25) is 4.79 Å². The maximum Gasteiger partial charge on any atom is 0.338 e. The molecule has 0 atom stereocenters. The van der Waals surface area contributed by atoms with Crippen LogP contribution in [0.5, 0.6) is 0 Å². The number of aliphatic hydroxyl groups excluding tert-OH is 1. The predicted octanol–water partition coefficient (Wildman–Crippen LogP) is 3.64. The SMILES string of the molecule is C=C(C)C(=O)OCCOC(=O)c1cccc(N=NC(C(=O)Nc2ccc3[nH]c(=O)[nH]c3c2)=C(C)O)c1. The third kappa shape index (κ3) is 6.76. The lowest BCUT2D eigenvalue weighted by Crippen LogP contribution is -2.14. The summed E-state index contributed by atoms with van der Waals surface area (Å²) in [6, 6.07) is 10.7. The smallest absolute Gasteiger partial charge is 0.338 e. The highest BCUT2D eigenvalue weighted by molar-refractivity contribution is 6.04. The molecule has 0 saturated heterocycles. The fourth-order valence-corrected chi connectivity index (χ4v) is 2.86. The molecule has 12 nitrogen and oxygen atoms in total. The van der Waals surface area contributed by atoms with Crippen molar-refractivity contribution in [1.29, 1.82) is 0 Å². The van der Waals surface area contributed by atoms with Gasteiger partial charge in [0.15, 0.2) is 5.70 Å². The van der Waals surface area contributed by atoms with Crippen LogP contribution in [-0.2, 0) is 19.1 Å². The Morgan fingerprint density at radius 1 is 1.03 bits per heavy atom. The Kier molecular flexibility index (Phi) is 8.13. The molecule has 1 heterocycles. The summed E-state index contributed by atoms with van der Waals surface area (Å²) in [6.45, 7) is 5.96. The molecule has 0 fully saturated rings. The molecule has 1 aromatic heterocycles. The maximum absolute atomic E-state index is 12.7. The molecular formula is C24H23N5O7. The molecule has 0 unspecified atom stereocenters. The molecule has 12 heteroatoms. The van der Waals surface area contributed by atoms with Gasteiger partial charge in [0.2, 0.25) is 0 Å². The largest absolute Gasteiger partial charge is 0.510 e. The van der Waals surface area contributed by atoms with Gasteiger partial charge in [-0.15, -0.1) is 5.11 Å². The molecule has 0 aliphatic heterocycles. The van der Waals surface area contributed by atoms with Crippen molar-refractivity contribution in [1.82, 2.24) is 9.97 Å². The van der Waals surface area contributed by atoms with Gasteiger partial charge in [0.1, 0.15) is 19.0 Å². The zero-order valence-electron chi connectivity index (χ0n) is 19.5. The molecule has 0 radical (unpaired) electrons. The zero-order chi connectivity index (χ0) is 26.2. The number of anilines is 1. The van der Waals surface area contributed by atoms with E-state index in [2.05, 4.69) is 32.1 Å². The van der Waals surface area contributed by atoms with Crippen molar-refractivity contribution in [3.8, 4) is 0 Å².